The molecule has 2 fully saturated rings. The maximum absolute atomic E-state index is 12.0. The molecule has 2 amide bonds. The Bertz CT molecular complexity index is 297. The Morgan fingerprint density at radius 2 is 1.93 bits per heavy atom. The lowest BCUT2D eigenvalue weighted by Gasteiger charge is -2.38. The quantitative estimate of drug-likeness (QED) is 0.716. The van der Waals surface area contributed by atoms with Crippen molar-refractivity contribution in [3.63, 3.8) is 0 Å². The van der Waals surface area contributed by atoms with Gasteiger partial charge in [0.15, 0.2) is 0 Å². The van der Waals surface area contributed by atoms with Gasteiger partial charge >= 0.3 is 0 Å². The Morgan fingerprint density at radius 3 is 2.40 bits per heavy atom. The average molecular weight is 210 g/mol. The molecule has 0 bridgehead atoms. The molecule has 1 saturated carbocycles. The van der Waals surface area contributed by atoms with Crippen LogP contribution in [0.2, 0.25) is 0 Å². The molecule has 15 heavy (non-hydrogen) atoms. The van der Waals surface area contributed by atoms with Crippen LogP contribution in [-0.4, -0.2) is 35.8 Å². The van der Waals surface area contributed by atoms with Gasteiger partial charge < -0.3 is 10.2 Å². The van der Waals surface area contributed by atoms with Crippen molar-refractivity contribution in [1.29, 1.82) is 0 Å². The van der Waals surface area contributed by atoms with Crippen LogP contribution in [0.15, 0.2) is 0 Å². The smallest absolute Gasteiger partial charge is 0.245 e. The highest BCUT2D eigenvalue weighted by Crippen LogP contribution is 2.35. The maximum Gasteiger partial charge on any atom is 0.245 e. The van der Waals surface area contributed by atoms with Crippen LogP contribution in [0.4, 0.5) is 0 Å². The minimum atomic E-state index is -0.299. The Hall–Kier alpha value is -1.06. The second kappa shape index (κ2) is 3.51. The normalized spacial score (nSPS) is 32.1. The van der Waals surface area contributed by atoms with Crippen molar-refractivity contribution in [3.05, 3.63) is 0 Å². The van der Waals surface area contributed by atoms with Crippen LogP contribution in [0.1, 0.15) is 26.7 Å². The summed E-state index contributed by atoms with van der Waals surface area (Å²) in [5.74, 6) is 0.635. The number of piperazine rings is 1. The van der Waals surface area contributed by atoms with Crippen molar-refractivity contribution >= 4 is 11.8 Å². The van der Waals surface area contributed by atoms with Crippen LogP contribution in [0.25, 0.3) is 0 Å². The van der Waals surface area contributed by atoms with Gasteiger partial charge in [-0.05, 0) is 24.7 Å². The van der Waals surface area contributed by atoms with E-state index in [1.54, 1.807) is 11.9 Å². The van der Waals surface area contributed by atoms with Crippen LogP contribution in [0.3, 0.4) is 0 Å². The highest BCUT2D eigenvalue weighted by Gasteiger charge is 2.46. The molecule has 0 spiro atoms. The molecule has 84 valence electrons. The summed E-state index contributed by atoms with van der Waals surface area (Å²) in [4.78, 5) is 25.4. The first-order chi connectivity index (χ1) is 7.02. The average Bonchev–Trinajstić information content (AvgIpc) is 2.94. The molecule has 4 nitrogen and oxygen atoms in total. The van der Waals surface area contributed by atoms with Gasteiger partial charge in [-0.2, -0.15) is 0 Å². The molecule has 0 radical (unpaired) electrons. The summed E-state index contributed by atoms with van der Waals surface area (Å²) >= 11 is 0. The zero-order valence-electron chi connectivity index (χ0n) is 9.49. The zero-order chi connectivity index (χ0) is 11.2. The molecule has 0 aromatic rings. The summed E-state index contributed by atoms with van der Waals surface area (Å²) < 4.78 is 0. The van der Waals surface area contributed by atoms with Crippen molar-refractivity contribution in [2.24, 2.45) is 11.8 Å². The molecule has 1 aliphatic carbocycles. The van der Waals surface area contributed by atoms with Crippen molar-refractivity contribution < 1.29 is 9.59 Å². The van der Waals surface area contributed by atoms with Gasteiger partial charge in [0.2, 0.25) is 11.8 Å². The van der Waals surface area contributed by atoms with E-state index in [1.165, 1.54) is 0 Å². The third kappa shape index (κ3) is 1.73. The maximum atomic E-state index is 12.0. The van der Waals surface area contributed by atoms with Crippen LogP contribution in [0.5, 0.6) is 0 Å². The highest BCUT2D eigenvalue weighted by molar-refractivity contribution is 5.97. The summed E-state index contributed by atoms with van der Waals surface area (Å²) in [6.45, 7) is 3.93. The number of rotatable bonds is 2. The molecule has 0 aromatic carbocycles. The molecule has 4 heteroatoms. The van der Waals surface area contributed by atoms with Gasteiger partial charge in [-0.15, -0.1) is 0 Å². The van der Waals surface area contributed by atoms with Gasteiger partial charge in [-0.3, -0.25) is 9.59 Å². The Morgan fingerprint density at radius 1 is 1.33 bits per heavy atom. The molecule has 2 aliphatic rings. The first-order valence-corrected chi connectivity index (χ1v) is 5.59. The fourth-order valence-electron chi connectivity index (χ4n) is 2.33. The number of hydrogen-bond acceptors (Lipinski definition) is 2. The van der Waals surface area contributed by atoms with Crippen LogP contribution >= 0.6 is 0 Å². The van der Waals surface area contributed by atoms with E-state index in [0.717, 1.165) is 12.8 Å². The molecule has 2 atom stereocenters. The lowest BCUT2D eigenvalue weighted by atomic mass is 9.96. The molecule has 1 heterocycles. The fraction of sp³-hybridized carbons (Fsp3) is 0.818. The van der Waals surface area contributed by atoms with E-state index in [9.17, 15) is 9.59 Å². The Balaban J connectivity index is 2.15. The Labute approximate surface area is 90.0 Å². The second-order valence-corrected chi connectivity index (χ2v) is 4.96. The zero-order valence-corrected chi connectivity index (χ0v) is 9.49. The van der Waals surface area contributed by atoms with Gasteiger partial charge in [0.25, 0.3) is 0 Å². The van der Waals surface area contributed by atoms with Crippen LogP contribution in [0, 0.1) is 11.8 Å². The van der Waals surface area contributed by atoms with Gasteiger partial charge in [-0.25, -0.2) is 0 Å². The summed E-state index contributed by atoms with van der Waals surface area (Å²) in [7, 11) is 1.74. The molecule has 1 N–H and O–H groups in total. The fourth-order valence-corrected chi connectivity index (χ4v) is 2.33. The SMILES string of the molecule is CC(C)C1C(=O)NC(C2CC2)C(=O)N1C. The van der Waals surface area contributed by atoms with Gasteiger partial charge in [0, 0.05) is 7.05 Å². The molecule has 2 unspecified atom stereocenters. The molecule has 1 saturated heterocycles. The summed E-state index contributed by atoms with van der Waals surface area (Å²) in [5, 5.41) is 2.86. The van der Waals surface area contributed by atoms with E-state index in [4.69, 9.17) is 0 Å². The number of hydrogen-bond donors (Lipinski definition) is 1. The van der Waals surface area contributed by atoms with E-state index >= 15 is 0 Å². The van der Waals surface area contributed by atoms with Crippen molar-refractivity contribution in [1.82, 2.24) is 10.2 Å². The molecule has 2 rings (SSSR count). The third-order valence-corrected chi connectivity index (χ3v) is 3.32. The first-order valence-electron chi connectivity index (χ1n) is 5.59. The number of nitrogens with zero attached hydrogens (tertiary/aromatic N) is 1. The first kappa shape index (κ1) is 10.5. The molecular weight excluding hydrogens is 192 g/mol. The number of likely N-dealkylation sites (N-methyl/N-ethyl adjacent to an activating group) is 1. The van der Waals surface area contributed by atoms with Crippen molar-refractivity contribution in [2.75, 3.05) is 7.05 Å². The standard InChI is InChI=1S/C11H18N2O2/c1-6(2)9-10(14)12-8(7-4-5-7)11(15)13(9)3/h6-9H,4-5H2,1-3H3,(H,12,14). The van der Waals surface area contributed by atoms with E-state index in [0.29, 0.717) is 5.92 Å². The van der Waals surface area contributed by atoms with Crippen molar-refractivity contribution in [2.45, 2.75) is 38.8 Å². The van der Waals surface area contributed by atoms with Gasteiger partial charge in [-0.1, -0.05) is 13.8 Å². The predicted molar refractivity (Wildman–Crippen MR) is 56.1 cm³/mol. The summed E-state index contributed by atoms with van der Waals surface area (Å²) in [6, 6.07) is -0.551. The second-order valence-electron chi connectivity index (χ2n) is 4.96. The number of nitrogens with one attached hydrogen (secondary N) is 1. The minimum Gasteiger partial charge on any atom is -0.342 e. The van der Waals surface area contributed by atoms with Crippen LogP contribution in [-0.2, 0) is 9.59 Å². The van der Waals surface area contributed by atoms with E-state index in [2.05, 4.69) is 5.32 Å². The lowest BCUT2D eigenvalue weighted by molar-refractivity contribution is -0.149. The summed E-state index contributed by atoms with van der Waals surface area (Å²) in [5.41, 5.74) is 0. The largest absolute Gasteiger partial charge is 0.342 e. The van der Waals surface area contributed by atoms with E-state index in [-0.39, 0.29) is 29.8 Å². The minimum absolute atomic E-state index is 0.00370. The molecular formula is C11H18N2O2. The molecule has 1 aliphatic heterocycles. The summed E-state index contributed by atoms with van der Waals surface area (Å²) in [6.07, 6.45) is 2.13. The Kier molecular flexibility index (Phi) is 2.44. The number of amides is 2. The highest BCUT2D eigenvalue weighted by atomic mass is 16.2. The molecule has 0 aromatic heterocycles. The topological polar surface area (TPSA) is 49.4 Å². The monoisotopic (exact) mass is 210 g/mol. The predicted octanol–water partition coefficient (Wildman–Crippen LogP) is 0.378. The van der Waals surface area contributed by atoms with E-state index < -0.39 is 0 Å². The van der Waals surface area contributed by atoms with Crippen LogP contribution < -0.4 is 5.32 Å². The van der Waals surface area contributed by atoms with Crippen molar-refractivity contribution in [3.8, 4) is 0 Å². The van der Waals surface area contributed by atoms with Gasteiger partial charge in [0.1, 0.15) is 12.1 Å². The van der Waals surface area contributed by atoms with E-state index in [1.807, 2.05) is 13.8 Å². The third-order valence-electron chi connectivity index (χ3n) is 3.32. The number of carbonyl (C=O) groups is 2. The lowest BCUT2D eigenvalue weighted by Crippen LogP contribution is -2.64. The number of carbonyl (C=O) groups excluding carboxylic acids is 2. The van der Waals surface area contributed by atoms with Gasteiger partial charge in [0.05, 0.1) is 0 Å².